The maximum absolute atomic E-state index is 11.2. The highest BCUT2D eigenvalue weighted by molar-refractivity contribution is 5.48. The number of carbonyl (C=O) groups is 1. The zero-order valence-corrected chi connectivity index (χ0v) is 10.8. The fraction of sp³-hybridized carbons (Fsp3) is 0.562. The molecule has 1 heterocycles. The van der Waals surface area contributed by atoms with Crippen LogP contribution in [0.25, 0.3) is 0 Å². The van der Waals surface area contributed by atoms with Gasteiger partial charge < -0.3 is 4.90 Å². The van der Waals surface area contributed by atoms with Crippen molar-refractivity contribution >= 4 is 6.41 Å². The van der Waals surface area contributed by atoms with Crippen molar-refractivity contribution in [2.75, 3.05) is 6.54 Å². The number of piperidine rings is 1. The molecule has 1 aromatic carbocycles. The topological polar surface area (TPSA) is 20.3 Å². The third-order valence-corrected chi connectivity index (χ3v) is 4.79. The number of rotatable bonds is 2. The lowest BCUT2D eigenvalue weighted by molar-refractivity contribution is -0.124. The quantitative estimate of drug-likeness (QED) is 0.730. The zero-order valence-electron chi connectivity index (χ0n) is 10.8. The molecule has 1 amide bonds. The van der Waals surface area contributed by atoms with E-state index in [-0.39, 0.29) is 0 Å². The van der Waals surface area contributed by atoms with Crippen LogP contribution in [-0.4, -0.2) is 23.9 Å². The smallest absolute Gasteiger partial charge is 0.209 e. The van der Waals surface area contributed by atoms with Gasteiger partial charge >= 0.3 is 0 Å². The summed E-state index contributed by atoms with van der Waals surface area (Å²) in [5.74, 6) is 1.34. The van der Waals surface area contributed by atoms with Crippen LogP contribution >= 0.6 is 0 Å². The molecule has 0 radical (unpaired) electrons. The van der Waals surface area contributed by atoms with E-state index in [1.165, 1.54) is 31.2 Å². The lowest BCUT2D eigenvalue weighted by Crippen LogP contribution is -2.49. The van der Waals surface area contributed by atoms with E-state index >= 15 is 0 Å². The third-order valence-electron chi connectivity index (χ3n) is 4.79. The van der Waals surface area contributed by atoms with Gasteiger partial charge in [0.2, 0.25) is 6.41 Å². The minimum atomic E-state index is 0.496. The number of benzene rings is 1. The Morgan fingerprint density at radius 2 is 1.83 bits per heavy atom. The van der Waals surface area contributed by atoms with Crippen molar-refractivity contribution < 1.29 is 4.79 Å². The SMILES string of the molecule is O=CN1CCC(c2ccccc2)[C@H]2CCCCC21. The standard InChI is InChI=1S/C16H21NO/c18-12-17-11-10-14(13-6-2-1-3-7-13)15-8-4-5-9-16(15)17/h1-3,6-7,12,14-16H,4-5,8-11H2/t14?,15-,16?/m1/s1. The maximum Gasteiger partial charge on any atom is 0.209 e. The van der Waals surface area contributed by atoms with Gasteiger partial charge in [-0.15, -0.1) is 0 Å². The van der Waals surface area contributed by atoms with Crippen LogP contribution in [0.2, 0.25) is 0 Å². The molecule has 1 aliphatic heterocycles. The molecule has 2 fully saturated rings. The van der Waals surface area contributed by atoms with Crippen molar-refractivity contribution in [1.82, 2.24) is 4.90 Å². The summed E-state index contributed by atoms with van der Waals surface area (Å²) in [6, 6.07) is 11.4. The Balaban J connectivity index is 1.86. The first-order chi connectivity index (χ1) is 8.90. The fourth-order valence-corrected chi connectivity index (χ4v) is 3.93. The molecule has 1 aromatic rings. The van der Waals surface area contributed by atoms with Crippen LogP contribution in [0.3, 0.4) is 0 Å². The Hall–Kier alpha value is -1.31. The van der Waals surface area contributed by atoms with Crippen LogP contribution < -0.4 is 0 Å². The second kappa shape index (κ2) is 5.13. The lowest BCUT2D eigenvalue weighted by atomic mass is 9.69. The van der Waals surface area contributed by atoms with Gasteiger partial charge in [-0.25, -0.2) is 0 Å². The molecule has 96 valence electrons. The third kappa shape index (κ3) is 2.05. The summed E-state index contributed by atoms with van der Waals surface area (Å²) in [4.78, 5) is 13.2. The molecule has 0 aromatic heterocycles. The van der Waals surface area contributed by atoms with Gasteiger partial charge in [-0.2, -0.15) is 0 Å². The van der Waals surface area contributed by atoms with Crippen molar-refractivity contribution in [3.63, 3.8) is 0 Å². The molecule has 1 saturated carbocycles. The average Bonchev–Trinajstić information content (AvgIpc) is 2.47. The van der Waals surface area contributed by atoms with Gasteiger partial charge in [-0.3, -0.25) is 4.79 Å². The van der Waals surface area contributed by atoms with E-state index in [1.807, 2.05) is 0 Å². The van der Waals surface area contributed by atoms with E-state index in [1.54, 1.807) is 0 Å². The molecular formula is C16H21NO. The number of likely N-dealkylation sites (tertiary alicyclic amines) is 1. The molecule has 18 heavy (non-hydrogen) atoms. The van der Waals surface area contributed by atoms with Crippen molar-refractivity contribution in [1.29, 1.82) is 0 Å². The highest BCUT2D eigenvalue weighted by Crippen LogP contribution is 2.43. The van der Waals surface area contributed by atoms with Crippen molar-refractivity contribution in [2.45, 2.75) is 44.1 Å². The molecule has 1 saturated heterocycles. The van der Waals surface area contributed by atoms with Gasteiger partial charge in [0.1, 0.15) is 0 Å². The summed E-state index contributed by atoms with van der Waals surface area (Å²) in [5.41, 5.74) is 1.47. The Kier molecular flexibility index (Phi) is 3.35. The molecule has 2 aliphatic rings. The number of amides is 1. The molecule has 0 spiro atoms. The Bertz CT molecular complexity index is 403. The van der Waals surface area contributed by atoms with Crippen LogP contribution in [-0.2, 0) is 4.79 Å². The van der Waals surface area contributed by atoms with E-state index in [4.69, 9.17) is 0 Å². The highest BCUT2D eigenvalue weighted by atomic mass is 16.1. The van der Waals surface area contributed by atoms with E-state index in [2.05, 4.69) is 35.2 Å². The fourth-order valence-electron chi connectivity index (χ4n) is 3.93. The van der Waals surface area contributed by atoms with E-state index in [0.29, 0.717) is 17.9 Å². The van der Waals surface area contributed by atoms with Gasteiger partial charge in [-0.05, 0) is 36.7 Å². The molecule has 2 heteroatoms. The monoisotopic (exact) mass is 243 g/mol. The normalized spacial score (nSPS) is 31.8. The molecule has 1 aliphatic carbocycles. The second-order valence-electron chi connectivity index (χ2n) is 5.66. The van der Waals surface area contributed by atoms with E-state index in [0.717, 1.165) is 19.4 Å². The Labute approximate surface area is 109 Å². The predicted molar refractivity (Wildman–Crippen MR) is 72.3 cm³/mol. The number of hydrogen-bond acceptors (Lipinski definition) is 1. The predicted octanol–water partition coefficient (Wildman–Crippen LogP) is 3.19. The van der Waals surface area contributed by atoms with Gasteiger partial charge in [0, 0.05) is 12.6 Å². The second-order valence-corrected chi connectivity index (χ2v) is 5.66. The van der Waals surface area contributed by atoms with Gasteiger partial charge in [0.05, 0.1) is 0 Å². The van der Waals surface area contributed by atoms with Crippen molar-refractivity contribution in [3.8, 4) is 0 Å². The number of hydrogen-bond donors (Lipinski definition) is 0. The van der Waals surface area contributed by atoms with Crippen LogP contribution in [0.15, 0.2) is 30.3 Å². The molecule has 0 N–H and O–H groups in total. The molecule has 0 bridgehead atoms. The summed E-state index contributed by atoms with van der Waals surface area (Å²) >= 11 is 0. The van der Waals surface area contributed by atoms with Crippen LogP contribution in [0, 0.1) is 5.92 Å². The minimum absolute atomic E-state index is 0.496. The first-order valence-electron chi connectivity index (χ1n) is 7.16. The van der Waals surface area contributed by atoms with E-state index in [9.17, 15) is 4.79 Å². The minimum Gasteiger partial charge on any atom is -0.342 e. The first kappa shape index (κ1) is 11.8. The number of fused-ring (bicyclic) bond motifs is 1. The lowest BCUT2D eigenvalue weighted by Gasteiger charge is -2.47. The zero-order chi connectivity index (χ0) is 12.4. The summed E-state index contributed by atoms with van der Waals surface area (Å²) < 4.78 is 0. The van der Waals surface area contributed by atoms with E-state index < -0.39 is 0 Å². The van der Waals surface area contributed by atoms with Gasteiger partial charge in [0.25, 0.3) is 0 Å². The van der Waals surface area contributed by atoms with Crippen LogP contribution in [0.4, 0.5) is 0 Å². The summed E-state index contributed by atoms with van der Waals surface area (Å²) in [7, 11) is 0. The molecule has 2 nitrogen and oxygen atoms in total. The first-order valence-corrected chi connectivity index (χ1v) is 7.16. The molecule has 3 rings (SSSR count). The van der Waals surface area contributed by atoms with Crippen LogP contribution in [0.5, 0.6) is 0 Å². The highest BCUT2D eigenvalue weighted by Gasteiger charge is 2.39. The van der Waals surface area contributed by atoms with Crippen molar-refractivity contribution in [3.05, 3.63) is 35.9 Å². The average molecular weight is 243 g/mol. The van der Waals surface area contributed by atoms with Gasteiger partial charge in [-0.1, -0.05) is 43.2 Å². The molecule has 2 unspecified atom stereocenters. The largest absolute Gasteiger partial charge is 0.342 e. The number of carbonyl (C=O) groups excluding carboxylic acids is 1. The summed E-state index contributed by atoms with van der Waals surface area (Å²) in [6.45, 7) is 0.935. The maximum atomic E-state index is 11.2. The molecular weight excluding hydrogens is 222 g/mol. The van der Waals surface area contributed by atoms with Crippen molar-refractivity contribution in [2.24, 2.45) is 5.92 Å². The Morgan fingerprint density at radius 1 is 1.06 bits per heavy atom. The van der Waals surface area contributed by atoms with Gasteiger partial charge in [0.15, 0.2) is 0 Å². The van der Waals surface area contributed by atoms with Crippen LogP contribution in [0.1, 0.15) is 43.6 Å². The Morgan fingerprint density at radius 3 is 2.61 bits per heavy atom. The molecule has 3 atom stereocenters. The summed E-state index contributed by atoms with van der Waals surface area (Å²) in [5, 5.41) is 0. The number of nitrogens with zero attached hydrogens (tertiary/aromatic N) is 1. The summed E-state index contributed by atoms with van der Waals surface area (Å²) in [6.07, 6.45) is 7.31.